The summed E-state index contributed by atoms with van der Waals surface area (Å²) in [6, 6.07) is 4.50. The smallest absolute Gasteiger partial charge is 0.248 e. The van der Waals surface area contributed by atoms with Gasteiger partial charge in [0, 0.05) is 11.5 Å². The van der Waals surface area contributed by atoms with Crippen molar-refractivity contribution < 1.29 is 4.39 Å². The third kappa shape index (κ3) is 1.21. The Morgan fingerprint density at radius 1 is 1.29 bits per heavy atom. The van der Waals surface area contributed by atoms with Crippen molar-refractivity contribution >= 4 is 10.9 Å². The Bertz CT molecular complexity index is 557. The lowest BCUT2D eigenvalue weighted by Crippen LogP contribution is -2.04. The van der Waals surface area contributed by atoms with Gasteiger partial charge in [-0.3, -0.25) is 4.79 Å². The zero-order valence-electron chi connectivity index (χ0n) is 8.02. The van der Waals surface area contributed by atoms with E-state index in [2.05, 4.69) is 4.98 Å². The normalized spacial score (nSPS) is 10.8. The predicted octanol–water partition coefficient (Wildman–Crippen LogP) is 2.28. The average molecular weight is 191 g/mol. The number of halogens is 1. The summed E-state index contributed by atoms with van der Waals surface area (Å²) < 4.78 is 13.4. The first-order valence-corrected chi connectivity index (χ1v) is 4.38. The number of nitrogens with one attached hydrogen (secondary N) is 1. The average Bonchev–Trinajstić information content (AvgIpc) is 2.14. The summed E-state index contributed by atoms with van der Waals surface area (Å²) in [6.45, 7) is 3.76. The van der Waals surface area contributed by atoms with Crippen LogP contribution in [-0.2, 0) is 0 Å². The van der Waals surface area contributed by atoms with Crippen LogP contribution in [0, 0.1) is 19.7 Å². The second-order valence-electron chi connectivity index (χ2n) is 3.41. The van der Waals surface area contributed by atoms with E-state index in [-0.39, 0.29) is 11.4 Å². The van der Waals surface area contributed by atoms with Crippen molar-refractivity contribution in [2.45, 2.75) is 13.8 Å². The Hall–Kier alpha value is -1.64. The Kier molecular flexibility index (Phi) is 1.88. The topological polar surface area (TPSA) is 32.9 Å². The molecule has 0 atom stereocenters. The Morgan fingerprint density at radius 2 is 2.00 bits per heavy atom. The molecule has 2 aromatic rings. The summed E-state index contributed by atoms with van der Waals surface area (Å²) in [6.07, 6.45) is 0. The van der Waals surface area contributed by atoms with E-state index in [1.807, 2.05) is 13.8 Å². The zero-order chi connectivity index (χ0) is 10.3. The van der Waals surface area contributed by atoms with Gasteiger partial charge in [-0.15, -0.1) is 0 Å². The number of H-pyrrole nitrogens is 1. The molecule has 2 rings (SSSR count). The molecule has 0 unspecified atom stereocenters. The summed E-state index contributed by atoms with van der Waals surface area (Å²) in [5.74, 6) is -0.374. The van der Waals surface area contributed by atoms with Gasteiger partial charge in [-0.2, -0.15) is 0 Å². The molecule has 1 aromatic heterocycles. The third-order valence-corrected chi connectivity index (χ3v) is 2.50. The molecule has 3 heteroatoms. The number of hydrogen-bond donors (Lipinski definition) is 1. The molecule has 0 fully saturated rings. The summed E-state index contributed by atoms with van der Waals surface area (Å²) in [5, 5.41) is 0.766. The number of rotatable bonds is 0. The summed E-state index contributed by atoms with van der Waals surface area (Å²) >= 11 is 0. The number of benzene rings is 1. The molecule has 0 aliphatic heterocycles. The molecule has 0 saturated carbocycles. The first kappa shape index (κ1) is 8.94. The molecule has 1 N–H and O–H groups in total. The van der Waals surface area contributed by atoms with Crippen LogP contribution in [0.1, 0.15) is 11.1 Å². The molecule has 72 valence electrons. The minimum atomic E-state index is -0.374. The van der Waals surface area contributed by atoms with E-state index in [1.165, 1.54) is 12.1 Å². The largest absolute Gasteiger partial charge is 0.319 e. The highest BCUT2D eigenvalue weighted by atomic mass is 19.1. The van der Waals surface area contributed by atoms with Gasteiger partial charge < -0.3 is 4.98 Å². The van der Waals surface area contributed by atoms with E-state index in [4.69, 9.17) is 0 Å². The second-order valence-corrected chi connectivity index (χ2v) is 3.41. The highest BCUT2D eigenvalue weighted by Gasteiger charge is 2.06. The number of aromatic amines is 1. The maximum absolute atomic E-state index is 13.4. The summed E-state index contributed by atoms with van der Waals surface area (Å²) in [5.41, 5.74) is 1.90. The molecule has 0 radical (unpaired) electrons. The fourth-order valence-electron chi connectivity index (χ4n) is 1.56. The lowest BCUT2D eigenvalue weighted by Gasteiger charge is -2.05. The highest BCUT2D eigenvalue weighted by molar-refractivity contribution is 5.83. The van der Waals surface area contributed by atoms with Crippen LogP contribution in [0.25, 0.3) is 10.9 Å². The van der Waals surface area contributed by atoms with Crippen molar-refractivity contribution in [3.63, 3.8) is 0 Å². The lowest BCUT2D eigenvalue weighted by molar-refractivity contribution is 0.635. The quantitative estimate of drug-likeness (QED) is 0.680. The fourth-order valence-corrected chi connectivity index (χ4v) is 1.56. The van der Waals surface area contributed by atoms with Crippen molar-refractivity contribution in [3.8, 4) is 0 Å². The fraction of sp³-hybridized carbons (Fsp3) is 0.182. The number of aromatic nitrogens is 1. The van der Waals surface area contributed by atoms with Crippen LogP contribution >= 0.6 is 0 Å². The van der Waals surface area contributed by atoms with Crippen molar-refractivity contribution in [2.24, 2.45) is 0 Å². The van der Waals surface area contributed by atoms with Crippen LogP contribution in [0.3, 0.4) is 0 Å². The second kappa shape index (κ2) is 2.94. The van der Waals surface area contributed by atoms with Crippen LogP contribution in [0.5, 0.6) is 0 Å². The molecule has 0 saturated heterocycles. The lowest BCUT2D eigenvalue weighted by atomic mass is 10.0. The van der Waals surface area contributed by atoms with Crippen molar-refractivity contribution in [1.29, 1.82) is 0 Å². The van der Waals surface area contributed by atoms with Crippen LogP contribution in [0.15, 0.2) is 23.0 Å². The monoisotopic (exact) mass is 191 g/mol. The van der Waals surface area contributed by atoms with Crippen molar-refractivity contribution in [1.82, 2.24) is 4.98 Å². The van der Waals surface area contributed by atoms with Crippen molar-refractivity contribution in [3.05, 3.63) is 45.5 Å². The molecule has 2 nitrogen and oxygen atoms in total. The van der Waals surface area contributed by atoms with Crippen LogP contribution in [-0.4, -0.2) is 4.98 Å². The predicted molar refractivity (Wildman–Crippen MR) is 54.0 cm³/mol. The van der Waals surface area contributed by atoms with Crippen LogP contribution in [0.2, 0.25) is 0 Å². The first-order chi connectivity index (χ1) is 6.59. The van der Waals surface area contributed by atoms with Gasteiger partial charge in [-0.05, 0) is 37.1 Å². The van der Waals surface area contributed by atoms with Gasteiger partial charge in [-0.1, -0.05) is 0 Å². The molecule has 1 aromatic carbocycles. The maximum Gasteiger partial charge on any atom is 0.248 e. The highest BCUT2D eigenvalue weighted by Crippen LogP contribution is 2.21. The number of aryl methyl sites for hydroxylation is 2. The third-order valence-electron chi connectivity index (χ3n) is 2.50. The molecule has 14 heavy (non-hydrogen) atoms. The van der Waals surface area contributed by atoms with Gasteiger partial charge in [-0.25, -0.2) is 4.39 Å². The molecular formula is C11H10FNO. The van der Waals surface area contributed by atoms with Gasteiger partial charge in [0.2, 0.25) is 5.56 Å². The van der Waals surface area contributed by atoms with E-state index in [0.717, 1.165) is 16.5 Å². The van der Waals surface area contributed by atoms with E-state index in [0.29, 0.717) is 5.52 Å². The van der Waals surface area contributed by atoms with E-state index in [9.17, 15) is 9.18 Å². The first-order valence-electron chi connectivity index (χ1n) is 4.38. The zero-order valence-corrected chi connectivity index (χ0v) is 8.02. The van der Waals surface area contributed by atoms with E-state index < -0.39 is 0 Å². The Morgan fingerprint density at radius 3 is 2.71 bits per heavy atom. The van der Waals surface area contributed by atoms with Crippen molar-refractivity contribution in [2.75, 3.05) is 0 Å². The van der Waals surface area contributed by atoms with Crippen LogP contribution < -0.4 is 5.56 Å². The number of pyridine rings is 1. The Labute approximate surface area is 80.4 Å². The molecule has 0 amide bonds. The number of fused-ring (bicyclic) bond motifs is 1. The molecule has 0 bridgehead atoms. The molecular weight excluding hydrogens is 181 g/mol. The standard InChI is InChI=1S/C11H10FNO/c1-6-5-9(12)11-8(7(6)2)3-4-10(14)13-11/h3-5H,1-2H3,(H,13,14). The minimum absolute atomic E-state index is 0.278. The van der Waals surface area contributed by atoms with Gasteiger partial charge in [0.25, 0.3) is 0 Å². The maximum atomic E-state index is 13.4. The van der Waals surface area contributed by atoms with Gasteiger partial charge >= 0.3 is 0 Å². The molecule has 0 aliphatic carbocycles. The molecule has 1 heterocycles. The number of hydrogen-bond acceptors (Lipinski definition) is 1. The Balaban J connectivity index is 3.02. The van der Waals surface area contributed by atoms with Gasteiger partial charge in [0.05, 0.1) is 5.52 Å². The van der Waals surface area contributed by atoms with Gasteiger partial charge in [0.15, 0.2) is 0 Å². The molecule has 0 aliphatic rings. The molecule has 0 spiro atoms. The SMILES string of the molecule is Cc1cc(F)c2[nH]c(=O)ccc2c1C. The van der Waals surface area contributed by atoms with Gasteiger partial charge in [0.1, 0.15) is 5.82 Å². The minimum Gasteiger partial charge on any atom is -0.319 e. The van der Waals surface area contributed by atoms with E-state index >= 15 is 0 Å². The summed E-state index contributed by atoms with van der Waals surface area (Å²) in [4.78, 5) is 13.5. The summed E-state index contributed by atoms with van der Waals surface area (Å²) in [7, 11) is 0. The van der Waals surface area contributed by atoms with Crippen LogP contribution in [0.4, 0.5) is 4.39 Å². The van der Waals surface area contributed by atoms with E-state index in [1.54, 1.807) is 6.07 Å².